The number of carbonyl (C=O) groups excluding carboxylic acids is 1. The molecule has 3 aromatic rings. The highest BCUT2D eigenvalue weighted by Crippen LogP contribution is 2.21. The molecular weight excluding hydrogens is 422 g/mol. The Morgan fingerprint density at radius 1 is 1.00 bits per heavy atom. The second-order valence-corrected chi connectivity index (χ2v) is 8.47. The van der Waals surface area contributed by atoms with Crippen LogP contribution in [0.1, 0.15) is 27.4 Å². The van der Waals surface area contributed by atoms with Crippen molar-refractivity contribution in [2.75, 3.05) is 10.0 Å². The number of nitro groups is 1. The van der Waals surface area contributed by atoms with Gasteiger partial charge in [-0.05, 0) is 51.1 Å². The summed E-state index contributed by atoms with van der Waals surface area (Å²) in [7, 11) is -3.89. The summed E-state index contributed by atoms with van der Waals surface area (Å²) in [5, 5.41) is 13.6. The second kappa shape index (κ2) is 8.48. The lowest BCUT2D eigenvalue weighted by atomic mass is 10.1. The quantitative estimate of drug-likeness (QED) is 0.441. The lowest BCUT2D eigenvalue weighted by molar-refractivity contribution is -0.385. The molecule has 11 heteroatoms. The largest absolute Gasteiger partial charge is 0.322 e. The first kappa shape index (κ1) is 21.8. The number of rotatable bonds is 6. The summed E-state index contributed by atoms with van der Waals surface area (Å²) in [6.45, 7) is 4.97. The van der Waals surface area contributed by atoms with E-state index < -0.39 is 20.9 Å². The van der Waals surface area contributed by atoms with Gasteiger partial charge in [0.15, 0.2) is 0 Å². The smallest absolute Gasteiger partial charge is 0.273 e. The van der Waals surface area contributed by atoms with E-state index in [0.29, 0.717) is 22.8 Å². The molecule has 0 aliphatic carbocycles. The number of nitro benzene ring substituents is 1. The van der Waals surface area contributed by atoms with Gasteiger partial charge in [0.25, 0.3) is 21.6 Å². The molecule has 160 valence electrons. The van der Waals surface area contributed by atoms with Crippen molar-refractivity contribution >= 4 is 33.1 Å². The van der Waals surface area contributed by atoms with Crippen LogP contribution in [0.15, 0.2) is 53.4 Å². The average Bonchev–Trinajstić information content (AvgIpc) is 2.67. The number of hydrogen-bond donors (Lipinski definition) is 2. The van der Waals surface area contributed by atoms with Crippen molar-refractivity contribution in [3.8, 4) is 0 Å². The first-order valence-corrected chi connectivity index (χ1v) is 10.5. The molecule has 1 aromatic heterocycles. The Bertz CT molecular complexity index is 1250. The van der Waals surface area contributed by atoms with Gasteiger partial charge < -0.3 is 5.32 Å². The maximum Gasteiger partial charge on any atom is 0.273 e. The molecule has 3 rings (SSSR count). The van der Waals surface area contributed by atoms with Gasteiger partial charge in [-0.15, -0.1) is 0 Å². The van der Waals surface area contributed by atoms with Crippen LogP contribution in [0.2, 0.25) is 0 Å². The van der Waals surface area contributed by atoms with E-state index in [9.17, 15) is 23.3 Å². The molecule has 10 nitrogen and oxygen atoms in total. The minimum absolute atomic E-state index is 0.0228. The number of sulfonamides is 1. The Kier molecular flexibility index (Phi) is 5.97. The molecule has 31 heavy (non-hydrogen) atoms. The van der Waals surface area contributed by atoms with Gasteiger partial charge >= 0.3 is 0 Å². The second-order valence-electron chi connectivity index (χ2n) is 6.78. The summed E-state index contributed by atoms with van der Waals surface area (Å²) in [6.07, 6.45) is 0. The minimum atomic E-state index is -3.89. The van der Waals surface area contributed by atoms with Crippen LogP contribution < -0.4 is 10.0 Å². The van der Waals surface area contributed by atoms with E-state index in [-0.39, 0.29) is 22.0 Å². The highest BCUT2D eigenvalue weighted by Gasteiger charge is 2.17. The van der Waals surface area contributed by atoms with E-state index in [1.807, 2.05) is 0 Å². The zero-order chi connectivity index (χ0) is 22.8. The summed E-state index contributed by atoms with van der Waals surface area (Å²) in [6, 6.07) is 11.2. The van der Waals surface area contributed by atoms with E-state index in [0.717, 1.165) is 0 Å². The van der Waals surface area contributed by atoms with Crippen LogP contribution in [0.4, 0.5) is 17.2 Å². The normalized spacial score (nSPS) is 11.1. The van der Waals surface area contributed by atoms with Crippen molar-refractivity contribution in [1.29, 1.82) is 0 Å². The number of benzene rings is 2. The highest BCUT2D eigenvalue weighted by molar-refractivity contribution is 7.92. The topological polar surface area (TPSA) is 144 Å². The third-order valence-corrected chi connectivity index (χ3v) is 5.67. The Hall–Kier alpha value is -3.86. The number of amides is 1. The van der Waals surface area contributed by atoms with Crippen LogP contribution in [0.25, 0.3) is 0 Å². The molecular formula is C20H19N5O5S. The van der Waals surface area contributed by atoms with Crippen molar-refractivity contribution in [3.05, 3.63) is 81.3 Å². The van der Waals surface area contributed by atoms with Crippen molar-refractivity contribution in [3.63, 3.8) is 0 Å². The first-order valence-electron chi connectivity index (χ1n) is 9.07. The van der Waals surface area contributed by atoms with Crippen molar-refractivity contribution in [1.82, 2.24) is 9.97 Å². The number of nitrogens with one attached hydrogen (secondary N) is 2. The molecule has 0 bridgehead atoms. The molecule has 0 aliphatic rings. The van der Waals surface area contributed by atoms with E-state index in [1.165, 1.54) is 48.5 Å². The fraction of sp³-hybridized carbons (Fsp3) is 0.150. The first-order chi connectivity index (χ1) is 14.5. The zero-order valence-corrected chi connectivity index (χ0v) is 17.7. The SMILES string of the molecule is Cc1cc(NS(=O)(=O)c2ccc(NC(=O)c3ccc(C)c([N+](=O)[O-])c3)cc2)nc(C)n1. The molecule has 2 N–H and O–H groups in total. The van der Waals surface area contributed by atoms with E-state index in [1.54, 1.807) is 20.8 Å². The number of carbonyl (C=O) groups is 1. The minimum Gasteiger partial charge on any atom is -0.322 e. The Morgan fingerprint density at radius 2 is 1.68 bits per heavy atom. The van der Waals surface area contributed by atoms with Gasteiger partial charge in [-0.25, -0.2) is 18.4 Å². The molecule has 1 heterocycles. The molecule has 0 aliphatic heterocycles. The molecule has 1 amide bonds. The zero-order valence-electron chi connectivity index (χ0n) is 16.9. The van der Waals surface area contributed by atoms with Crippen molar-refractivity contribution in [2.45, 2.75) is 25.7 Å². The fourth-order valence-corrected chi connectivity index (χ4v) is 3.83. The maximum atomic E-state index is 12.6. The van der Waals surface area contributed by atoms with Crippen LogP contribution in [-0.4, -0.2) is 29.2 Å². The van der Waals surface area contributed by atoms with E-state index in [4.69, 9.17) is 0 Å². The van der Waals surface area contributed by atoms with E-state index in [2.05, 4.69) is 20.0 Å². The van der Waals surface area contributed by atoms with Gasteiger partial charge in [0, 0.05) is 34.6 Å². The van der Waals surface area contributed by atoms with Crippen LogP contribution in [0, 0.1) is 30.9 Å². The van der Waals surface area contributed by atoms with Crippen molar-refractivity contribution < 1.29 is 18.1 Å². The fourth-order valence-electron chi connectivity index (χ4n) is 2.83. The summed E-state index contributed by atoms with van der Waals surface area (Å²) in [5.41, 5.74) is 1.36. The summed E-state index contributed by atoms with van der Waals surface area (Å²) < 4.78 is 27.6. The number of aromatic nitrogens is 2. The van der Waals surface area contributed by atoms with Gasteiger partial charge in [-0.3, -0.25) is 19.6 Å². The van der Waals surface area contributed by atoms with Crippen LogP contribution in [-0.2, 0) is 10.0 Å². The molecule has 2 aromatic carbocycles. The average molecular weight is 441 g/mol. The van der Waals surface area contributed by atoms with Gasteiger partial charge in [-0.2, -0.15) is 0 Å². The molecule has 0 unspecified atom stereocenters. The van der Waals surface area contributed by atoms with Gasteiger partial charge in [0.1, 0.15) is 11.6 Å². The Morgan fingerprint density at radius 3 is 2.29 bits per heavy atom. The Labute approximate surface area is 178 Å². The van der Waals surface area contributed by atoms with Crippen LogP contribution in [0.3, 0.4) is 0 Å². The lowest BCUT2D eigenvalue weighted by Gasteiger charge is -2.10. The van der Waals surface area contributed by atoms with Crippen molar-refractivity contribution in [2.24, 2.45) is 0 Å². The molecule has 0 atom stereocenters. The predicted molar refractivity (Wildman–Crippen MR) is 115 cm³/mol. The highest BCUT2D eigenvalue weighted by atomic mass is 32.2. The van der Waals surface area contributed by atoms with Crippen LogP contribution >= 0.6 is 0 Å². The number of nitrogens with zero attached hydrogens (tertiary/aromatic N) is 3. The third kappa shape index (κ3) is 5.20. The molecule has 0 saturated heterocycles. The summed E-state index contributed by atoms with van der Waals surface area (Å²) >= 11 is 0. The van der Waals surface area contributed by atoms with Gasteiger partial charge in [0.05, 0.1) is 9.82 Å². The van der Waals surface area contributed by atoms with Gasteiger partial charge in [-0.1, -0.05) is 6.07 Å². The molecule has 0 saturated carbocycles. The number of hydrogen-bond acceptors (Lipinski definition) is 7. The number of anilines is 2. The van der Waals surface area contributed by atoms with Gasteiger partial charge in [0.2, 0.25) is 0 Å². The predicted octanol–water partition coefficient (Wildman–Crippen LogP) is 3.36. The third-order valence-electron chi connectivity index (χ3n) is 4.30. The maximum absolute atomic E-state index is 12.6. The monoisotopic (exact) mass is 441 g/mol. The lowest BCUT2D eigenvalue weighted by Crippen LogP contribution is -2.15. The summed E-state index contributed by atoms with van der Waals surface area (Å²) in [4.78, 5) is 31.0. The standard InChI is InChI=1S/C20H19N5O5S/c1-12-4-5-15(11-18(12)25(27)28)20(26)23-16-6-8-17(9-7-16)31(29,30)24-19-10-13(2)21-14(3)22-19/h4-11H,1-3H3,(H,23,26)(H,21,22,24). The van der Waals surface area contributed by atoms with Crippen LogP contribution in [0.5, 0.6) is 0 Å². The summed E-state index contributed by atoms with van der Waals surface area (Å²) in [5.74, 6) is 0.0409. The molecule has 0 spiro atoms. The Balaban J connectivity index is 1.76. The molecule has 0 fully saturated rings. The molecule has 0 radical (unpaired) electrons. The van der Waals surface area contributed by atoms with E-state index >= 15 is 0 Å². The number of aryl methyl sites for hydroxylation is 3.